The fourth-order valence-corrected chi connectivity index (χ4v) is 2.90. The van der Waals surface area contributed by atoms with Gasteiger partial charge in [-0.3, -0.25) is 4.79 Å². The standard InChI is InChI=1S/C17H25NO3/c1-13-7-5-6-10-16(13)21-12-17(20)18-15-9-4-2-3-8-14(15)11-19/h5-7,10,14-15,19H,2-4,8-9,11-12H2,1H3,(H,18,20). The van der Waals surface area contributed by atoms with Gasteiger partial charge in [-0.25, -0.2) is 0 Å². The van der Waals surface area contributed by atoms with Crippen LogP contribution in [0.2, 0.25) is 0 Å². The molecule has 4 heteroatoms. The number of benzene rings is 1. The molecule has 2 atom stereocenters. The molecular formula is C17H25NO3. The van der Waals surface area contributed by atoms with Gasteiger partial charge in [0.2, 0.25) is 0 Å². The Morgan fingerprint density at radius 2 is 2.05 bits per heavy atom. The summed E-state index contributed by atoms with van der Waals surface area (Å²) in [5, 5.41) is 12.5. The molecule has 1 fully saturated rings. The average Bonchev–Trinajstić information content (AvgIpc) is 2.71. The lowest BCUT2D eigenvalue weighted by molar-refractivity contribution is -0.124. The zero-order valence-corrected chi connectivity index (χ0v) is 12.7. The Hall–Kier alpha value is -1.55. The summed E-state index contributed by atoms with van der Waals surface area (Å²) in [6.07, 6.45) is 5.36. The molecule has 0 saturated heterocycles. The number of rotatable bonds is 5. The van der Waals surface area contributed by atoms with E-state index >= 15 is 0 Å². The number of carbonyl (C=O) groups is 1. The van der Waals surface area contributed by atoms with Crippen LogP contribution in [0.3, 0.4) is 0 Å². The predicted molar refractivity (Wildman–Crippen MR) is 82.3 cm³/mol. The highest BCUT2D eigenvalue weighted by Crippen LogP contribution is 2.23. The van der Waals surface area contributed by atoms with E-state index in [-0.39, 0.29) is 31.1 Å². The lowest BCUT2D eigenvalue weighted by Crippen LogP contribution is -2.43. The van der Waals surface area contributed by atoms with Crippen LogP contribution >= 0.6 is 0 Å². The largest absolute Gasteiger partial charge is 0.484 e. The summed E-state index contributed by atoms with van der Waals surface area (Å²) >= 11 is 0. The summed E-state index contributed by atoms with van der Waals surface area (Å²) in [7, 11) is 0. The van der Waals surface area contributed by atoms with Crippen LogP contribution in [0.25, 0.3) is 0 Å². The van der Waals surface area contributed by atoms with E-state index in [1.165, 1.54) is 6.42 Å². The molecule has 0 aromatic heterocycles. The van der Waals surface area contributed by atoms with Crippen LogP contribution in [0.1, 0.15) is 37.7 Å². The number of hydrogen-bond acceptors (Lipinski definition) is 3. The molecule has 2 unspecified atom stereocenters. The monoisotopic (exact) mass is 291 g/mol. The van der Waals surface area contributed by atoms with Crippen molar-refractivity contribution in [3.05, 3.63) is 29.8 Å². The number of nitrogens with one attached hydrogen (secondary N) is 1. The Balaban J connectivity index is 1.84. The summed E-state index contributed by atoms with van der Waals surface area (Å²) in [5.74, 6) is 0.811. The van der Waals surface area contributed by atoms with Crippen molar-refractivity contribution in [2.45, 2.75) is 45.1 Å². The van der Waals surface area contributed by atoms with E-state index in [2.05, 4.69) is 5.32 Å². The van der Waals surface area contributed by atoms with Crippen molar-refractivity contribution in [3.63, 3.8) is 0 Å². The zero-order valence-electron chi connectivity index (χ0n) is 12.7. The number of para-hydroxylation sites is 1. The number of carbonyl (C=O) groups excluding carboxylic acids is 1. The predicted octanol–water partition coefficient (Wildman–Crippen LogP) is 2.43. The molecule has 1 aliphatic rings. The average molecular weight is 291 g/mol. The van der Waals surface area contributed by atoms with E-state index in [0.29, 0.717) is 0 Å². The minimum atomic E-state index is -0.108. The van der Waals surface area contributed by atoms with E-state index in [0.717, 1.165) is 37.0 Å². The quantitative estimate of drug-likeness (QED) is 0.819. The second-order valence-corrected chi connectivity index (χ2v) is 5.81. The molecule has 21 heavy (non-hydrogen) atoms. The molecule has 0 bridgehead atoms. The van der Waals surface area contributed by atoms with Crippen molar-refractivity contribution < 1.29 is 14.6 Å². The van der Waals surface area contributed by atoms with Crippen LogP contribution in [0.15, 0.2) is 24.3 Å². The van der Waals surface area contributed by atoms with E-state index in [1.807, 2.05) is 31.2 Å². The van der Waals surface area contributed by atoms with Crippen molar-refractivity contribution in [2.24, 2.45) is 5.92 Å². The normalized spacial score (nSPS) is 22.4. The summed E-state index contributed by atoms with van der Waals surface area (Å²) in [6.45, 7) is 2.13. The lowest BCUT2D eigenvalue weighted by atomic mass is 9.95. The molecule has 2 rings (SSSR count). The number of hydrogen-bond donors (Lipinski definition) is 2. The maximum Gasteiger partial charge on any atom is 0.258 e. The molecule has 1 aliphatic carbocycles. The molecule has 2 N–H and O–H groups in total. The molecular weight excluding hydrogens is 266 g/mol. The van der Waals surface area contributed by atoms with Crippen molar-refractivity contribution in [1.82, 2.24) is 5.32 Å². The van der Waals surface area contributed by atoms with Gasteiger partial charge in [0.15, 0.2) is 6.61 Å². The van der Waals surface area contributed by atoms with Crippen molar-refractivity contribution in [2.75, 3.05) is 13.2 Å². The van der Waals surface area contributed by atoms with Gasteiger partial charge in [0, 0.05) is 18.6 Å². The highest BCUT2D eigenvalue weighted by molar-refractivity contribution is 5.77. The van der Waals surface area contributed by atoms with Crippen molar-refractivity contribution in [1.29, 1.82) is 0 Å². The summed E-state index contributed by atoms with van der Waals surface area (Å²) in [5.41, 5.74) is 1.02. The van der Waals surface area contributed by atoms with Crippen molar-refractivity contribution in [3.8, 4) is 5.75 Å². The van der Waals surface area contributed by atoms with Gasteiger partial charge in [-0.05, 0) is 31.4 Å². The second kappa shape index (κ2) is 8.03. The summed E-state index contributed by atoms with van der Waals surface area (Å²) < 4.78 is 5.57. The Bertz CT molecular complexity index is 461. The fourth-order valence-electron chi connectivity index (χ4n) is 2.90. The maximum atomic E-state index is 12.1. The topological polar surface area (TPSA) is 58.6 Å². The maximum absolute atomic E-state index is 12.1. The molecule has 1 amide bonds. The molecule has 1 aromatic rings. The van der Waals surface area contributed by atoms with Crippen LogP contribution in [-0.4, -0.2) is 30.3 Å². The Labute approximate surface area is 126 Å². The number of aryl methyl sites for hydroxylation is 1. The van der Waals surface area contributed by atoms with Gasteiger partial charge in [0.1, 0.15) is 5.75 Å². The van der Waals surface area contributed by atoms with Gasteiger partial charge in [0.25, 0.3) is 5.91 Å². The highest BCUT2D eigenvalue weighted by Gasteiger charge is 2.24. The molecule has 0 spiro atoms. The minimum absolute atomic E-state index is 0.0273. The van der Waals surface area contributed by atoms with Gasteiger partial charge in [-0.2, -0.15) is 0 Å². The van der Waals surface area contributed by atoms with Crippen LogP contribution in [0, 0.1) is 12.8 Å². The smallest absolute Gasteiger partial charge is 0.258 e. The zero-order chi connectivity index (χ0) is 15.1. The first-order valence-electron chi connectivity index (χ1n) is 7.79. The number of aliphatic hydroxyl groups is 1. The number of aliphatic hydroxyl groups excluding tert-OH is 1. The number of ether oxygens (including phenoxy) is 1. The second-order valence-electron chi connectivity index (χ2n) is 5.81. The Morgan fingerprint density at radius 3 is 2.81 bits per heavy atom. The third kappa shape index (κ3) is 4.74. The molecule has 0 radical (unpaired) electrons. The molecule has 116 valence electrons. The summed E-state index contributed by atoms with van der Waals surface area (Å²) in [6, 6.07) is 7.74. The van der Waals surface area contributed by atoms with Crippen molar-refractivity contribution >= 4 is 5.91 Å². The van der Waals surface area contributed by atoms with E-state index in [4.69, 9.17) is 4.74 Å². The van der Waals surface area contributed by atoms with E-state index in [9.17, 15) is 9.90 Å². The minimum Gasteiger partial charge on any atom is -0.484 e. The summed E-state index contributed by atoms with van der Waals surface area (Å²) in [4.78, 5) is 12.1. The van der Waals surface area contributed by atoms with Crippen LogP contribution in [-0.2, 0) is 4.79 Å². The van der Waals surface area contributed by atoms with Gasteiger partial charge in [-0.1, -0.05) is 37.5 Å². The Morgan fingerprint density at radius 1 is 1.29 bits per heavy atom. The Kier molecular flexibility index (Phi) is 6.05. The number of amides is 1. The molecule has 4 nitrogen and oxygen atoms in total. The molecule has 1 aromatic carbocycles. The third-order valence-corrected chi connectivity index (χ3v) is 4.19. The first kappa shape index (κ1) is 15.8. The van der Waals surface area contributed by atoms with Gasteiger partial charge < -0.3 is 15.2 Å². The SMILES string of the molecule is Cc1ccccc1OCC(=O)NC1CCCCCC1CO. The lowest BCUT2D eigenvalue weighted by Gasteiger charge is -2.24. The third-order valence-electron chi connectivity index (χ3n) is 4.19. The van der Waals surface area contributed by atoms with Crippen LogP contribution in [0.4, 0.5) is 0 Å². The van der Waals surface area contributed by atoms with Crippen LogP contribution in [0.5, 0.6) is 5.75 Å². The highest BCUT2D eigenvalue weighted by atomic mass is 16.5. The first-order valence-corrected chi connectivity index (χ1v) is 7.79. The van der Waals surface area contributed by atoms with Gasteiger partial charge in [-0.15, -0.1) is 0 Å². The van der Waals surface area contributed by atoms with Crippen LogP contribution < -0.4 is 10.1 Å². The van der Waals surface area contributed by atoms with E-state index in [1.54, 1.807) is 0 Å². The van der Waals surface area contributed by atoms with E-state index < -0.39 is 0 Å². The van der Waals surface area contributed by atoms with Gasteiger partial charge in [0.05, 0.1) is 0 Å². The van der Waals surface area contributed by atoms with Gasteiger partial charge >= 0.3 is 0 Å². The fraction of sp³-hybridized carbons (Fsp3) is 0.588. The molecule has 0 heterocycles. The molecule has 0 aliphatic heterocycles. The first-order chi connectivity index (χ1) is 10.2. The molecule has 1 saturated carbocycles.